The van der Waals surface area contributed by atoms with Crippen molar-refractivity contribution in [2.45, 2.75) is 34.0 Å². The van der Waals surface area contributed by atoms with E-state index >= 15 is 0 Å². The Labute approximate surface area is 200 Å². The smallest absolute Gasteiger partial charge is 0.416 e. The van der Waals surface area contributed by atoms with Crippen LogP contribution in [0.5, 0.6) is 0 Å². The first-order chi connectivity index (χ1) is 15.8. The van der Waals surface area contributed by atoms with Crippen LogP contribution in [-0.4, -0.2) is 40.2 Å². The molecule has 1 heterocycles. The fraction of sp³-hybridized carbons (Fsp3) is 0.333. The van der Waals surface area contributed by atoms with Crippen LogP contribution >= 0.6 is 27.7 Å². The maximum atomic E-state index is 14.6. The molecular weight excluding hydrogens is 561 g/mol. The lowest BCUT2D eigenvalue weighted by Crippen LogP contribution is -2.36. The van der Waals surface area contributed by atoms with Crippen molar-refractivity contribution in [3.8, 4) is 0 Å². The Hall–Kier alpha value is -2.28. The SMILES string of the molecule is O=C(OC[C@H]1S[C@H](Br)[C@@H](F)[C@@H]1OC(=O)c1ccc(C(F)(F)F)cc1)c1ccc(C(F)(F)F)cc1. The third-order valence-electron chi connectivity index (χ3n) is 4.75. The average Bonchev–Trinajstić information content (AvgIpc) is 3.04. The van der Waals surface area contributed by atoms with E-state index in [0.29, 0.717) is 24.3 Å². The van der Waals surface area contributed by atoms with E-state index in [2.05, 4.69) is 15.9 Å². The van der Waals surface area contributed by atoms with Crippen LogP contribution in [0, 0.1) is 0 Å². The monoisotopic (exact) mass is 574 g/mol. The molecule has 34 heavy (non-hydrogen) atoms. The lowest BCUT2D eigenvalue weighted by atomic mass is 10.1. The first-order valence-corrected chi connectivity index (χ1v) is 11.3. The van der Waals surface area contributed by atoms with Gasteiger partial charge in [-0.25, -0.2) is 14.0 Å². The topological polar surface area (TPSA) is 52.6 Å². The van der Waals surface area contributed by atoms with E-state index < -0.39 is 63.7 Å². The summed E-state index contributed by atoms with van der Waals surface area (Å²) in [5, 5.41) is -0.879. The minimum absolute atomic E-state index is 0.165. The molecule has 1 saturated heterocycles. The Bertz CT molecular complexity index is 1030. The normalized spacial score (nSPS) is 22.9. The summed E-state index contributed by atoms with van der Waals surface area (Å²) in [6.45, 7) is -0.433. The number of alkyl halides is 8. The number of hydrogen-bond acceptors (Lipinski definition) is 5. The van der Waals surface area contributed by atoms with Crippen LogP contribution in [0.15, 0.2) is 48.5 Å². The van der Waals surface area contributed by atoms with E-state index in [0.717, 1.165) is 36.0 Å². The molecule has 0 radical (unpaired) electrons. The number of thioether (sulfide) groups is 1. The molecule has 0 amide bonds. The fourth-order valence-corrected chi connectivity index (χ4v) is 5.25. The van der Waals surface area contributed by atoms with Gasteiger partial charge in [-0.1, -0.05) is 15.9 Å². The molecule has 0 bridgehead atoms. The molecule has 0 saturated carbocycles. The van der Waals surface area contributed by atoms with E-state index in [1.807, 2.05) is 0 Å². The van der Waals surface area contributed by atoms with Crippen molar-refractivity contribution < 1.29 is 49.8 Å². The van der Waals surface area contributed by atoms with Gasteiger partial charge < -0.3 is 9.47 Å². The average molecular weight is 575 g/mol. The molecule has 0 spiro atoms. The summed E-state index contributed by atoms with van der Waals surface area (Å²) in [5.74, 6) is -2.03. The fourth-order valence-electron chi connectivity index (χ4n) is 2.97. The maximum Gasteiger partial charge on any atom is 0.416 e. The summed E-state index contributed by atoms with van der Waals surface area (Å²) in [4.78, 5) is 24.5. The number of halogens is 8. The summed E-state index contributed by atoms with van der Waals surface area (Å²) in [5.41, 5.74) is -2.32. The minimum Gasteiger partial charge on any atom is -0.461 e. The molecule has 3 rings (SSSR count). The van der Waals surface area contributed by atoms with Gasteiger partial charge in [-0.05, 0) is 48.5 Å². The molecule has 0 unspecified atom stereocenters. The van der Waals surface area contributed by atoms with Crippen molar-refractivity contribution in [3.05, 3.63) is 70.8 Å². The number of carbonyl (C=O) groups is 2. The van der Waals surface area contributed by atoms with Gasteiger partial charge in [0.15, 0.2) is 12.3 Å². The highest BCUT2D eigenvalue weighted by molar-refractivity contribution is 9.11. The van der Waals surface area contributed by atoms with Gasteiger partial charge in [-0.3, -0.25) is 0 Å². The summed E-state index contributed by atoms with van der Waals surface area (Å²) in [6, 6.07) is 6.44. The van der Waals surface area contributed by atoms with Crippen molar-refractivity contribution in [1.82, 2.24) is 0 Å². The minimum atomic E-state index is -4.60. The molecule has 2 aromatic carbocycles. The molecule has 0 aliphatic carbocycles. The van der Waals surface area contributed by atoms with Gasteiger partial charge in [0.25, 0.3) is 0 Å². The molecule has 1 aliphatic rings. The van der Waals surface area contributed by atoms with Crippen LogP contribution in [0.25, 0.3) is 0 Å². The lowest BCUT2D eigenvalue weighted by molar-refractivity contribution is -0.138. The van der Waals surface area contributed by atoms with Crippen LogP contribution < -0.4 is 0 Å². The second kappa shape index (κ2) is 10.1. The number of esters is 2. The second-order valence-electron chi connectivity index (χ2n) is 7.09. The van der Waals surface area contributed by atoms with Crippen LogP contribution in [-0.2, 0) is 21.8 Å². The largest absolute Gasteiger partial charge is 0.461 e. The number of ether oxygens (including phenoxy) is 2. The van der Waals surface area contributed by atoms with Gasteiger partial charge >= 0.3 is 24.3 Å². The van der Waals surface area contributed by atoms with Gasteiger partial charge in [0.2, 0.25) is 0 Å². The molecule has 1 fully saturated rings. The van der Waals surface area contributed by atoms with Gasteiger partial charge in [0, 0.05) is 0 Å². The van der Waals surface area contributed by atoms with Crippen molar-refractivity contribution in [2.24, 2.45) is 0 Å². The number of benzene rings is 2. The molecule has 4 atom stereocenters. The zero-order valence-corrected chi connectivity index (χ0v) is 19.1. The highest BCUT2D eigenvalue weighted by atomic mass is 79.9. The second-order valence-corrected chi connectivity index (χ2v) is 10.1. The van der Waals surface area contributed by atoms with Gasteiger partial charge in [0.1, 0.15) is 6.61 Å². The molecule has 2 aromatic rings. The Morgan fingerprint density at radius 2 is 1.26 bits per heavy atom. The van der Waals surface area contributed by atoms with E-state index in [4.69, 9.17) is 9.47 Å². The third-order valence-corrected chi connectivity index (χ3v) is 7.18. The van der Waals surface area contributed by atoms with Crippen LogP contribution in [0.4, 0.5) is 30.7 Å². The lowest BCUT2D eigenvalue weighted by Gasteiger charge is -2.20. The highest BCUT2D eigenvalue weighted by Gasteiger charge is 2.47. The van der Waals surface area contributed by atoms with Crippen LogP contribution in [0.2, 0.25) is 0 Å². The Morgan fingerprint density at radius 3 is 1.71 bits per heavy atom. The Kier molecular flexibility index (Phi) is 7.85. The van der Waals surface area contributed by atoms with Crippen LogP contribution in [0.3, 0.4) is 0 Å². The molecule has 0 aromatic heterocycles. The predicted octanol–water partition coefficient (Wildman–Crippen LogP) is 6.28. The van der Waals surface area contributed by atoms with E-state index in [1.54, 1.807) is 0 Å². The van der Waals surface area contributed by atoms with E-state index in [9.17, 15) is 40.3 Å². The maximum absolute atomic E-state index is 14.6. The first-order valence-electron chi connectivity index (χ1n) is 9.43. The van der Waals surface area contributed by atoms with E-state index in [1.165, 1.54) is 0 Å². The molecule has 13 heteroatoms. The Balaban J connectivity index is 1.64. The molecule has 0 N–H and O–H groups in total. The van der Waals surface area contributed by atoms with Gasteiger partial charge in [-0.15, -0.1) is 11.8 Å². The molecule has 1 aliphatic heterocycles. The number of rotatable bonds is 5. The summed E-state index contributed by atoms with van der Waals surface area (Å²) in [6.07, 6.45) is -12.3. The third kappa shape index (κ3) is 6.23. The van der Waals surface area contributed by atoms with Crippen molar-refractivity contribution in [2.75, 3.05) is 6.61 Å². The molecular formula is C21H14BrF7O4S. The van der Waals surface area contributed by atoms with Gasteiger partial charge in [0.05, 0.1) is 31.7 Å². The Morgan fingerprint density at radius 1 is 0.824 bits per heavy atom. The summed E-state index contributed by atoms with van der Waals surface area (Å²) < 4.78 is 99.9. The standard InChI is InChI=1S/C21H14BrF7O4S/c22-17-15(23)16(33-19(31)11-3-7-13(8-4-11)21(27,28)29)14(34-17)9-32-18(30)10-1-5-12(6-2-10)20(24,25)26/h1-8,14-17H,9H2/t14-,15+,16-,17+/m1/s1. The van der Waals surface area contributed by atoms with Crippen molar-refractivity contribution in [1.29, 1.82) is 0 Å². The number of hydrogen-bond donors (Lipinski definition) is 0. The quantitative estimate of drug-likeness (QED) is 0.239. The van der Waals surface area contributed by atoms with Crippen molar-refractivity contribution in [3.63, 3.8) is 0 Å². The molecule has 4 nitrogen and oxygen atoms in total. The van der Waals surface area contributed by atoms with Crippen molar-refractivity contribution >= 4 is 39.6 Å². The zero-order chi connectivity index (χ0) is 25.3. The van der Waals surface area contributed by atoms with E-state index in [-0.39, 0.29) is 11.1 Å². The molecule has 184 valence electrons. The highest BCUT2D eigenvalue weighted by Crippen LogP contribution is 2.42. The summed E-state index contributed by atoms with van der Waals surface area (Å²) >= 11 is 4.02. The number of carbonyl (C=O) groups excluding carboxylic acids is 2. The van der Waals surface area contributed by atoms with Crippen LogP contribution in [0.1, 0.15) is 31.8 Å². The van der Waals surface area contributed by atoms with Gasteiger partial charge in [-0.2, -0.15) is 26.3 Å². The zero-order valence-electron chi connectivity index (χ0n) is 16.7. The first kappa shape index (κ1) is 26.3. The predicted molar refractivity (Wildman–Crippen MR) is 111 cm³/mol. The summed E-state index contributed by atoms with van der Waals surface area (Å²) in [7, 11) is 0.